The zero-order valence-corrected chi connectivity index (χ0v) is 13.7. The Labute approximate surface area is 128 Å². The summed E-state index contributed by atoms with van der Waals surface area (Å²) in [6.45, 7) is 4.05. The van der Waals surface area contributed by atoms with Crippen molar-refractivity contribution in [2.24, 2.45) is 5.73 Å². The minimum absolute atomic E-state index is 0.185. The molecule has 1 aromatic heterocycles. The molecule has 102 valence electrons. The fourth-order valence-electron chi connectivity index (χ4n) is 1.97. The van der Waals surface area contributed by atoms with Crippen molar-refractivity contribution in [2.75, 3.05) is 0 Å². The van der Waals surface area contributed by atoms with Gasteiger partial charge in [0, 0.05) is 10.5 Å². The van der Waals surface area contributed by atoms with Gasteiger partial charge in [-0.3, -0.25) is 4.68 Å². The quantitative estimate of drug-likeness (QED) is 0.854. The normalized spacial score (nSPS) is 13.0. The smallest absolute Gasteiger partial charge is 0.124 e. The van der Waals surface area contributed by atoms with E-state index >= 15 is 0 Å². The zero-order valence-electron chi connectivity index (χ0n) is 10.6. The van der Waals surface area contributed by atoms with Crippen molar-refractivity contribution in [1.82, 2.24) is 9.78 Å². The lowest BCUT2D eigenvalue weighted by Crippen LogP contribution is -2.19. The SMILES string of the molecule is CC(C)n1ncc(Br)c1C(N)c1cc(F)cc(Br)c1. The van der Waals surface area contributed by atoms with E-state index in [2.05, 4.69) is 37.0 Å². The number of nitrogens with zero attached hydrogens (tertiary/aromatic N) is 2. The van der Waals surface area contributed by atoms with Gasteiger partial charge in [-0.25, -0.2) is 4.39 Å². The van der Waals surface area contributed by atoms with Gasteiger partial charge in [-0.05, 0) is 53.5 Å². The van der Waals surface area contributed by atoms with Crippen molar-refractivity contribution in [3.05, 3.63) is 50.4 Å². The lowest BCUT2D eigenvalue weighted by atomic mass is 10.0. The van der Waals surface area contributed by atoms with Crippen molar-refractivity contribution in [1.29, 1.82) is 0 Å². The minimum atomic E-state index is -0.439. The molecule has 1 aromatic carbocycles. The van der Waals surface area contributed by atoms with Crippen LogP contribution in [0.25, 0.3) is 0 Å². The number of nitrogens with two attached hydrogens (primary N) is 1. The van der Waals surface area contributed by atoms with E-state index in [0.717, 1.165) is 10.2 Å². The summed E-state index contributed by atoms with van der Waals surface area (Å²) in [5.74, 6) is -0.313. The molecule has 0 bridgehead atoms. The molecular weight excluding hydrogens is 377 g/mol. The van der Waals surface area contributed by atoms with E-state index in [0.29, 0.717) is 10.0 Å². The van der Waals surface area contributed by atoms with E-state index in [1.165, 1.54) is 12.1 Å². The van der Waals surface area contributed by atoms with Gasteiger partial charge in [-0.15, -0.1) is 0 Å². The molecule has 0 fully saturated rings. The van der Waals surface area contributed by atoms with Crippen molar-refractivity contribution in [2.45, 2.75) is 25.9 Å². The molecule has 0 saturated carbocycles. The van der Waals surface area contributed by atoms with Crippen molar-refractivity contribution in [3.63, 3.8) is 0 Å². The summed E-state index contributed by atoms with van der Waals surface area (Å²) in [5, 5.41) is 4.29. The maximum atomic E-state index is 13.5. The summed E-state index contributed by atoms with van der Waals surface area (Å²) in [6, 6.07) is 4.41. The molecule has 2 aromatic rings. The molecular formula is C13H14Br2FN3. The Hall–Kier alpha value is -0.720. The summed E-state index contributed by atoms with van der Waals surface area (Å²) < 4.78 is 16.8. The highest BCUT2D eigenvalue weighted by Gasteiger charge is 2.20. The lowest BCUT2D eigenvalue weighted by Gasteiger charge is -2.18. The molecule has 1 atom stereocenters. The van der Waals surface area contributed by atoms with Gasteiger partial charge in [0.2, 0.25) is 0 Å². The van der Waals surface area contributed by atoms with Crippen LogP contribution in [-0.2, 0) is 0 Å². The Morgan fingerprint density at radius 3 is 2.53 bits per heavy atom. The largest absolute Gasteiger partial charge is 0.319 e. The third-order valence-corrected chi connectivity index (χ3v) is 3.88. The molecule has 0 saturated heterocycles. The van der Waals surface area contributed by atoms with Crippen molar-refractivity contribution >= 4 is 31.9 Å². The van der Waals surface area contributed by atoms with Crippen LogP contribution >= 0.6 is 31.9 Å². The van der Waals surface area contributed by atoms with Crippen LogP contribution in [0.4, 0.5) is 4.39 Å². The van der Waals surface area contributed by atoms with Crippen LogP contribution in [0.15, 0.2) is 33.3 Å². The molecule has 2 N–H and O–H groups in total. The number of hydrogen-bond donors (Lipinski definition) is 1. The molecule has 0 spiro atoms. The van der Waals surface area contributed by atoms with Gasteiger partial charge in [0.1, 0.15) is 5.82 Å². The first kappa shape index (κ1) is 14.7. The Kier molecular flexibility index (Phi) is 4.43. The van der Waals surface area contributed by atoms with E-state index in [1.54, 1.807) is 6.20 Å². The highest BCUT2D eigenvalue weighted by atomic mass is 79.9. The maximum absolute atomic E-state index is 13.5. The summed E-state index contributed by atoms with van der Waals surface area (Å²) in [7, 11) is 0. The lowest BCUT2D eigenvalue weighted by molar-refractivity contribution is 0.498. The second kappa shape index (κ2) is 5.73. The molecule has 19 heavy (non-hydrogen) atoms. The second-order valence-electron chi connectivity index (χ2n) is 4.60. The summed E-state index contributed by atoms with van der Waals surface area (Å²) >= 11 is 6.73. The van der Waals surface area contributed by atoms with Gasteiger partial charge in [0.25, 0.3) is 0 Å². The Morgan fingerprint density at radius 2 is 1.95 bits per heavy atom. The van der Waals surface area contributed by atoms with Gasteiger partial charge in [-0.1, -0.05) is 15.9 Å². The molecule has 0 aliphatic rings. The molecule has 0 aliphatic carbocycles. The molecule has 3 nitrogen and oxygen atoms in total. The number of aromatic nitrogens is 2. The number of benzene rings is 1. The van der Waals surface area contributed by atoms with Crippen LogP contribution in [0, 0.1) is 5.82 Å². The standard InChI is InChI=1S/C13H14Br2FN3/c1-7(2)19-13(11(15)6-18-19)12(17)8-3-9(14)5-10(16)4-8/h3-7,12H,17H2,1-2H3. The van der Waals surface area contributed by atoms with Crippen LogP contribution < -0.4 is 5.73 Å². The molecule has 0 amide bonds. The molecule has 6 heteroatoms. The van der Waals surface area contributed by atoms with Crippen molar-refractivity contribution in [3.8, 4) is 0 Å². The van der Waals surface area contributed by atoms with Crippen LogP contribution in [0.5, 0.6) is 0 Å². The number of rotatable bonds is 3. The van der Waals surface area contributed by atoms with E-state index in [9.17, 15) is 4.39 Å². The van der Waals surface area contributed by atoms with Crippen LogP contribution in [0.3, 0.4) is 0 Å². The molecule has 0 aliphatic heterocycles. The highest BCUT2D eigenvalue weighted by molar-refractivity contribution is 9.10. The van der Waals surface area contributed by atoms with E-state index in [1.807, 2.05) is 24.6 Å². The number of hydrogen-bond acceptors (Lipinski definition) is 2. The van der Waals surface area contributed by atoms with Gasteiger partial charge < -0.3 is 5.73 Å². The zero-order chi connectivity index (χ0) is 14.2. The third-order valence-electron chi connectivity index (χ3n) is 2.81. The van der Waals surface area contributed by atoms with E-state index in [-0.39, 0.29) is 11.9 Å². The monoisotopic (exact) mass is 389 g/mol. The van der Waals surface area contributed by atoms with Gasteiger partial charge in [0.05, 0.1) is 22.4 Å². The molecule has 1 heterocycles. The average molecular weight is 391 g/mol. The highest BCUT2D eigenvalue weighted by Crippen LogP contribution is 2.30. The Morgan fingerprint density at radius 1 is 1.26 bits per heavy atom. The first-order valence-corrected chi connectivity index (χ1v) is 7.43. The first-order chi connectivity index (χ1) is 8.90. The number of halogens is 3. The third kappa shape index (κ3) is 3.07. The maximum Gasteiger partial charge on any atom is 0.124 e. The van der Waals surface area contributed by atoms with E-state index < -0.39 is 6.04 Å². The van der Waals surface area contributed by atoms with Crippen LogP contribution in [0.1, 0.15) is 37.2 Å². The second-order valence-corrected chi connectivity index (χ2v) is 6.37. The summed E-state index contributed by atoms with van der Waals surface area (Å²) in [4.78, 5) is 0. The van der Waals surface area contributed by atoms with Gasteiger partial charge in [-0.2, -0.15) is 5.10 Å². The van der Waals surface area contributed by atoms with Crippen LogP contribution in [0.2, 0.25) is 0 Å². The van der Waals surface area contributed by atoms with Gasteiger partial charge >= 0.3 is 0 Å². The molecule has 1 unspecified atom stereocenters. The first-order valence-electron chi connectivity index (χ1n) is 5.84. The molecule has 0 radical (unpaired) electrons. The fourth-order valence-corrected chi connectivity index (χ4v) is 2.97. The molecule has 2 rings (SSSR count). The average Bonchev–Trinajstić information content (AvgIpc) is 2.69. The van der Waals surface area contributed by atoms with Crippen LogP contribution in [-0.4, -0.2) is 9.78 Å². The predicted octanol–water partition coefficient (Wildman–Crippen LogP) is 4.18. The summed E-state index contributed by atoms with van der Waals surface area (Å²) in [6.07, 6.45) is 1.71. The predicted molar refractivity (Wildman–Crippen MR) is 80.4 cm³/mol. The Balaban J connectivity index is 2.49. The Bertz CT molecular complexity index is 575. The van der Waals surface area contributed by atoms with E-state index in [4.69, 9.17) is 5.73 Å². The fraction of sp³-hybridized carbons (Fsp3) is 0.308. The topological polar surface area (TPSA) is 43.8 Å². The minimum Gasteiger partial charge on any atom is -0.319 e. The summed E-state index contributed by atoms with van der Waals surface area (Å²) in [5.41, 5.74) is 7.80. The van der Waals surface area contributed by atoms with Crippen molar-refractivity contribution < 1.29 is 4.39 Å². The van der Waals surface area contributed by atoms with Gasteiger partial charge in [0.15, 0.2) is 0 Å².